The molecule has 2 saturated carbocycles. The minimum atomic E-state index is -0.993. The first kappa shape index (κ1) is 14.4. The molecule has 3 N–H and O–H groups in total. The Morgan fingerprint density at radius 1 is 1.19 bits per heavy atom. The smallest absolute Gasteiger partial charge is 0.338 e. The Morgan fingerprint density at radius 2 is 1.76 bits per heavy atom. The molecule has 0 saturated heterocycles. The van der Waals surface area contributed by atoms with E-state index in [4.69, 9.17) is 0 Å². The molecule has 0 aliphatic heterocycles. The van der Waals surface area contributed by atoms with Crippen molar-refractivity contribution in [3.8, 4) is 0 Å². The molecule has 2 amide bonds. The summed E-state index contributed by atoms with van der Waals surface area (Å²) in [5.74, 6) is 0.246. The average molecular weight is 308 g/mol. The number of aromatic carboxylic acids is 1. The van der Waals surface area contributed by atoms with Gasteiger partial charge in [-0.25, -0.2) is 9.59 Å². The number of aryl methyl sites for hydroxylation is 1. The van der Waals surface area contributed by atoms with E-state index in [1.54, 1.807) is 6.92 Å². The molecule has 0 atom stereocenters. The number of hydrogen-bond acceptors (Lipinski definition) is 3. The molecule has 6 heteroatoms. The number of carbonyl (C=O) groups excluding carboxylic acids is 1. The Kier molecular flexibility index (Phi) is 3.65. The van der Waals surface area contributed by atoms with Crippen LogP contribution in [0.3, 0.4) is 0 Å². The topological polar surface area (TPSA) is 78.4 Å². The van der Waals surface area contributed by atoms with Crippen LogP contribution in [0.1, 0.15) is 46.5 Å². The van der Waals surface area contributed by atoms with Crippen LogP contribution in [-0.2, 0) is 0 Å². The lowest BCUT2D eigenvalue weighted by atomic mass is 10.1. The predicted molar refractivity (Wildman–Crippen MR) is 82.1 cm³/mol. The summed E-state index contributed by atoms with van der Waals surface area (Å²) >= 11 is 1.32. The van der Waals surface area contributed by atoms with E-state index >= 15 is 0 Å². The Hall–Kier alpha value is -1.56. The molecule has 1 aromatic heterocycles. The molecule has 1 heterocycles. The number of carboxylic acids is 1. The Labute approximate surface area is 127 Å². The van der Waals surface area contributed by atoms with Gasteiger partial charge in [-0.3, -0.25) is 5.32 Å². The first-order chi connectivity index (χ1) is 9.97. The molecule has 3 rings (SSSR count). The number of thiophene rings is 1. The van der Waals surface area contributed by atoms with Crippen LogP contribution in [0.5, 0.6) is 0 Å². The zero-order chi connectivity index (χ0) is 15.1. The van der Waals surface area contributed by atoms with E-state index in [0.717, 1.165) is 10.4 Å². The van der Waals surface area contributed by atoms with Crippen molar-refractivity contribution in [3.63, 3.8) is 0 Å². The molecule has 21 heavy (non-hydrogen) atoms. The fourth-order valence-electron chi connectivity index (χ4n) is 2.79. The van der Waals surface area contributed by atoms with Gasteiger partial charge >= 0.3 is 12.0 Å². The molecule has 2 aliphatic carbocycles. The summed E-state index contributed by atoms with van der Waals surface area (Å²) in [6.45, 7) is 3.64. The van der Waals surface area contributed by atoms with Crippen molar-refractivity contribution in [1.29, 1.82) is 0 Å². The van der Waals surface area contributed by atoms with Gasteiger partial charge in [0.15, 0.2) is 0 Å². The zero-order valence-electron chi connectivity index (χ0n) is 12.2. The molecule has 2 aliphatic rings. The van der Waals surface area contributed by atoms with Crippen molar-refractivity contribution in [2.45, 2.75) is 45.6 Å². The first-order valence-electron chi connectivity index (χ1n) is 7.38. The highest BCUT2D eigenvalue weighted by Crippen LogP contribution is 2.44. The van der Waals surface area contributed by atoms with Crippen LogP contribution >= 0.6 is 11.3 Å². The number of carbonyl (C=O) groups is 2. The van der Waals surface area contributed by atoms with Crippen molar-refractivity contribution >= 4 is 28.3 Å². The van der Waals surface area contributed by atoms with E-state index in [1.165, 1.54) is 37.0 Å². The van der Waals surface area contributed by atoms with Gasteiger partial charge in [-0.05, 0) is 56.9 Å². The number of nitrogens with one attached hydrogen (secondary N) is 2. The van der Waals surface area contributed by atoms with Crippen LogP contribution < -0.4 is 10.6 Å². The SMILES string of the molecule is Cc1sc(NC(=O)NC(C2CC2)C2CC2)c(C(=O)O)c1C. The predicted octanol–water partition coefficient (Wildman–Crippen LogP) is 3.37. The van der Waals surface area contributed by atoms with Crippen LogP contribution in [0.25, 0.3) is 0 Å². The van der Waals surface area contributed by atoms with Gasteiger partial charge in [-0.15, -0.1) is 11.3 Å². The minimum Gasteiger partial charge on any atom is -0.478 e. The summed E-state index contributed by atoms with van der Waals surface area (Å²) in [6.07, 6.45) is 4.77. The third kappa shape index (κ3) is 3.05. The Morgan fingerprint density at radius 3 is 2.24 bits per heavy atom. The summed E-state index contributed by atoms with van der Waals surface area (Å²) in [6, 6.07) is -0.0111. The lowest BCUT2D eigenvalue weighted by molar-refractivity contribution is 0.0697. The van der Waals surface area contributed by atoms with Gasteiger partial charge in [0.2, 0.25) is 0 Å². The van der Waals surface area contributed by atoms with Gasteiger partial charge in [-0.1, -0.05) is 0 Å². The lowest BCUT2D eigenvalue weighted by Crippen LogP contribution is -2.40. The van der Waals surface area contributed by atoms with E-state index in [0.29, 0.717) is 16.8 Å². The monoisotopic (exact) mass is 308 g/mol. The number of hydrogen-bond donors (Lipinski definition) is 3. The molecule has 5 nitrogen and oxygen atoms in total. The molecule has 0 unspecified atom stereocenters. The van der Waals surface area contributed by atoms with E-state index in [2.05, 4.69) is 10.6 Å². The highest BCUT2D eigenvalue weighted by atomic mass is 32.1. The maximum atomic E-state index is 12.2. The largest absolute Gasteiger partial charge is 0.478 e. The molecule has 0 spiro atoms. The number of amides is 2. The number of rotatable bonds is 5. The fourth-order valence-corrected chi connectivity index (χ4v) is 3.84. The van der Waals surface area contributed by atoms with Crippen molar-refractivity contribution in [2.24, 2.45) is 11.8 Å². The minimum absolute atomic E-state index is 0.210. The molecule has 0 bridgehead atoms. The molecule has 1 aromatic rings. The quantitative estimate of drug-likeness (QED) is 0.780. The van der Waals surface area contributed by atoms with E-state index in [9.17, 15) is 14.7 Å². The maximum absolute atomic E-state index is 12.2. The Bertz CT molecular complexity index is 576. The standard InChI is InChI=1S/C15H20N2O3S/c1-7-8(2)21-13(11(7)14(18)19)17-15(20)16-12(9-3-4-9)10-5-6-10/h9-10,12H,3-6H2,1-2H3,(H,18,19)(H2,16,17,20). The third-order valence-corrected chi connectivity index (χ3v) is 5.51. The van der Waals surface area contributed by atoms with Crippen LogP contribution in [0.4, 0.5) is 9.80 Å². The fraction of sp³-hybridized carbons (Fsp3) is 0.600. The van der Waals surface area contributed by atoms with Gasteiger partial charge in [-0.2, -0.15) is 0 Å². The van der Waals surface area contributed by atoms with Gasteiger partial charge in [0.25, 0.3) is 0 Å². The van der Waals surface area contributed by atoms with Gasteiger partial charge in [0.05, 0.1) is 5.56 Å². The summed E-state index contributed by atoms with van der Waals surface area (Å²) in [7, 11) is 0. The van der Waals surface area contributed by atoms with E-state index in [1.807, 2.05) is 6.92 Å². The molecule has 0 radical (unpaired) electrons. The highest BCUT2D eigenvalue weighted by molar-refractivity contribution is 7.16. The number of anilines is 1. The summed E-state index contributed by atoms with van der Waals surface area (Å²) in [4.78, 5) is 24.4. The highest BCUT2D eigenvalue weighted by Gasteiger charge is 2.42. The summed E-state index contributed by atoms with van der Waals surface area (Å²) in [5, 5.41) is 15.5. The van der Waals surface area contributed by atoms with Gasteiger partial charge < -0.3 is 10.4 Å². The zero-order valence-corrected chi connectivity index (χ0v) is 13.0. The second kappa shape index (κ2) is 5.33. The number of urea groups is 1. The molecular weight excluding hydrogens is 288 g/mol. The number of carboxylic acid groups (broad SMARTS) is 1. The van der Waals surface area contributed by atoms with Crippen LogP contribution in [0.2, 0.25) is 0 Å². The average Bonchev–Trinajstić information content (AvgIpc) is 3.27. The third-order valence-electron chi connectivity index (χ3n) is 4.38. The van der Waals surface area contributed by atoms with Crippen molar-refractivity contribution in [1.82, 2.24) is 5.32 Å². The van der Waals surface area contributed by atoms with Gasteiger partial charge in [0, 0.05) is 10.9 Å². The molecular formula is C15H20N2O3S. The van der Waals surface area contributed by atoms with E-state index < -0.39 is 5.97 Å². The normalized spacial score (nSPS) is 17.9. The van der Waals surface area contributed by atoms with Crippen molar-refractivity contribution in [3.05, 3.63) is 16.0 Å². The summed E-state index contributed by atoms with van der Waals surface area (Å²) < 4.78 is 0. The van der Waals surface area contributed by atoms with Crippen LogP contribution in [-0.4, -0.2) is 23.1 Å². The van der Waals surface area contributed by atoms with E-state index in [-0.39, 0.29) is 17.6 Å². The first-order valence-corrected chi connectivity index (χ1v) is 8.19. The molecule has 2 fully saturated rings. The Balaban J connectivity index is 1.69. The second-order valence-corrected chi connectivity index (χ2v) is 7.32. The van der Waals surface area contributed by atoms with Crippen molar-refractivity contribution in [2.75, 3.05) is 5.32 Å². The summed E-state index contributed by atoms with van der Waals surface area (Å²) in [5.41, 5.74) is 0.936. The van der Waals surface area contributed by atoms with Crippen LogP contribution in [0.15, 0.2) is 0 Å². The van der Waals surface area contributed by atoms with Crippen LogP contribution in [0, 0.1) is 25.7 Å². The molecule has 114 valence electrons. The lowest BCUT2D eigenvalue weighted by Gasteiger charge is -2.17. The van der Waals surface area contributed by atoms with Crippen molar-refractivity contribution < 1.29 is 14.7 Å². The second-order valence-electron chi connectivity index (χ2n) is 6.09. The van der Waals surface area contributed by atoms with Gasteiger partial charge in [0.1, 0.15) is 5.00 Å². The molecule has 0 aromatic carbocycles. The maximum Gasteiger partial charge on any atom is 0.338 e.